The van der Waals surface area contributed by atoms with Gasteiger partial charge in [0.05, 0.1) is 5.69 Å². The van der Waals surface area contributed by atoms with Crippen molar-refractivity contribution in [1.29, 1.82) is 0 Å². The van der Waals surface area contributed by atoms with Crippen LogP contribution in [-0.4, -0.2) is 0 Å². The average molecular weight is 202 g/mol. The van der Waals surface area contributed by atoms with Crippen LogP contribution in [0.2, 0.25) is 0 Å². The Bertz CT molecular complexity index is 384. The lowest BCUT2D eigenvalue weighted by Gasteiger charge is -2.19. The molecule has 0 N–H and O–H groups in total. The smallest absolute Gasteiger partial charge is 0.0886 e. The van der Waals surface area contributed by atoms with Crippen molar-refractivity contribution in [2.75, 3.05) is 0 Å². The zero-order valence-corrected chi connectivity index (χ0v) is 9.91. The highest BCUT2D eigenvalue weighted by Gasteiger charge is 2.14. The molecule has 0 bridgehead atoms. The molecule has 0 saturated carbocycles. The van der Waals surface area contributed by atoms with E-state index in [1.165, 1.54) is 11.8 Å². The Balaban J connectivity index is 3.09. The molecule has 0 unspecified atom stereocenters. The molecule has 0 atom stereocenters. The maximum absolute atomic E-state index is 4.05. The van der Waals surface area contributed by atoms with Crippen LogP contribution in [0.4, 0.5) is 5.69 Å². The first-order chi connectivity index (χ1) is 6.95. The molecule has 2 heteroatoms. The number of azo groups is 1. The first-order valence-electron chi connectivity index (χ1n) is 5.08. The zero-order chi connectivity index (χ0) is 11.5. The molecule has 2 nitrogen and oxygen atoms in total. The van der Waals surface area contributed by atoms with Crippen molar-refractivity contribution in [1.82, 2.24) is 0 Å². The Morgan fingerprint density at radius 2 is 1.93 bits per heavy atom. The maximum atomic E-state index is 4.05. The van der Waals surface area contributed by atoms with Crippen LogP contribution in [0, 0.1) is 6.92 Å². The minimum absolute atomic E-state index is 0.179. The van der Waals surface area contributed by atoms with Crippen LogP contribution in [0.3, 0.4) is 0 Å². The topological polar surface area (TPSA) is 24.7 Å². The van der Waals surface area contributed by atoms with Gasteiger partial charge in [0.1, 0.15) is 0 Å². The van der Waals surface area contributed by atoms with Gasteiger partial charge in [-0.25, -0.2) is 0 Å². The molecule has 15 heavy (non-hydrogen) atoms. The van der Waals surface area contributed by atoms with Crippen molar-refractivity contribution in [2.45, 2.75) is 33.1 Å². The van der Waals surface area contributed by atoms with E-state index in [-0.39, 0.29) is 5.41 Å². The molecule has 0 radical (unpaired) electrons. The number of hydrogen-bond donors (Lipinski definition) is 0. The predicted octanol–water partition coefficient (Wildman–Crippen LogP) is 4.52. The van der Waals surface area contributed by atoms with E-state index in [4.69, 9.17) is 0 Å². The van der Waals surface area contributed by atoms with Crippen LogP contribution < -0.4 is 0 Å². The van der Waals surface area contributed by atoms with E-state index in [9.17, 15) is 0 Å². The minimum atomic E-state index is 0.179. The Morgan fingerprint density at radius 1 is 1.27 bits per heavy atom. The molecule has 0 saturated heterocycles. The lowest BCUT2D eigenvalue weighted by atomic mass is 9.86. The summed E-state index contributed by atoms with van der Waals surface area (Å²) in [5.74, 6) is 0. The lowest BCUT2D eigenvalue weighted by Crippen LogP contribution is -2.10. The highest BCUT2D eigenvalue weighted by Crippen LogP contribution is 2.27. The molecule has 1 aromatic rings. The number of rotatable bonds is 2. The van der Waals surface area contributed by atoms with E-state index in [0.717, 1.165) is 11.3 Å². The molecule has 0 aliphatic heterocycles. The van der Waals surface area contributed by atoms with Crippen molar-refractivity contribution >= 4 is 5.69 Å². The minimum Gasteiger partial charge on any atom is -0.159 e. The third-order valence-electron chi connectivity index (χ3n) is 2.31. The third kappa shape index (κ3) is 3.01. The monoisotopic (exact) mass is 202 g/mol. The van der Waals surface area contributed by atoms with Crippen LogP contribution in [0.25, 0.3) is 0 Å². The van der Waals surface area contributed by atoms with Crippen LogP contribution in [0.15, 0.2) is 41.2 Å². The summed E-state index contributed by atoms with van der Waals surface area (Å²) in [6.07, 6.45) is 1.44. The third-order valence-corrected chi connectivity index (χ3v) is 2.31. The molecule has 0 aliphatic carbocycles. The molecule has 0 fully saturated rings. The van der Waals surface area contributed by atoms with Crippen LogP contribution in [-0.2, 0) is 5.41 Å². The van der Waals surface area contributed by atoms with Crippen molar-refractivity contribution in [2.24, 2.45) is 10.2 Å². The summed E-state index contributed by atoms with van der Waals surface area (Å²) < 4.78 is 0. The van der Waals surface area contributed by atoms with Gasteiger partial charge in [-0.15, -0.1) is 0 Å². The predicted molar refractivity (Wildman–Crippen MR) is 64.6 cm³/mol. The fourth-order valence-electron chi connectivity index (χ4n) is 1.34. The van der Waals surface area contributed by atoms with Crippen molar-refractivity contribution in [3.8, 4) is 0 Å². The van der Waals surface area contributed by atoms with Crippen LogP contribution in [0.1, 0.15) is 31.9 Å². The Morgan fingerprint density at radius 3 is 2.40 bits per heavy atom. The number of hydrogen-bond acceptors (Lipinski definition) is 2. The van der Waals surface area contributed by atoms with Gasteiger partial charge in [0.15, 0.2) is 0 Å². The fraction of sp³-hybridized carbons (Fsp3) is 0.385. The summed E-state index contributed by atoms with van der Waals surface area (Å²) >= 11 is 0. The summed E-state index contributed by atoms with van der Waals surface area (Å²) in [5.41, 5.74) is 3.55. The maximum Gasteiger partial charge on any atom is 0.0886 e. The molecule has 0 spiro atoms. The summed E-state index contributed by atoms with van der Waals surface area (Å²) in [5, 5.41) is 7.84. The first-order valence-corrected chi connectivity index (χ1v) is 5.08. The highest BCUT2D eigenvalue weighted by molar-refractivity contribution is 5.47. The Labute approximate surface area is 91.7 Å². The van der Waals surface area contributed by atoms with Crippen molar-refractivity contribution < 1.29 is 0 Å². The van der Waals surface area contributed by atoms with E-state index in [2.05, 4.69) is 49.7 Å². The molecule has 1 aromatic carbocycles. The molecule has 0 aliphatic rings. The standard InChI is InChI=1S/C13H18N2/c1-6-14-15-12-8-7-11(9-10(12)2)13(3,4)5/h6-9H,1H2,2-5H3. The van der Waals surface area contributed by atoms with Gasteiger partial charge in [0.25, 0.3) is 0 Å². The van der Waals surface area contributed by atoms with Crippen LogP contribution in [0.5, 0.6) is 0 Å². The Kier molecular flexibility index (Phi) is 3.40. The summed E-state index contributed by atoms with van der Waals surface area (Å²) in [4.78, 5) is 0. The second kappa shape index (κ2) is 4.39. The molecular weight excluding hydrogens is 184 g/mol. The second-order valence-corrected chi connectivity index (χ2v) is 4.65. The summed E-state index contributed by atoms with van der Waals surface area (Å²) in [6.45, 7) is 12.2. The van der Waals surface area contributed by atoms with Gasteiger partial charge < -0.3 is 0 Å². The van der Waals surface area contributed by atoms with Crippen molar-refractivity contribution in [3.63, 3.8) is 0 Å². The number of nitrogens with zero attached hydrogens (tertiary/aromatic N) is 2. The molecule has 0 heterocycles. The van der Waals surface area contributed by atoms with Gasteiger partial charge in [0, 0.05) is 6.20 Å². The van der Waals surface area contributed by atoms with Gasteiger partial charge >= 0.3 is 0 Å². The zero-order valence-electron chi connectivity index (χ0n) is 9.91. The second-order valence-electron chi connectivity index (χ2n) is 4.65. The lowest BCUT2D eigenvalue weighted by molar-refractivity contribution is 0.590. The summed E-state index contributed by atoms with van der Waals surface area (Å²) in [7, 11) is 0. The van der Waals surface area contributed by atoms with Crippen LogP contribution >= 0.6 is 0 Å². The molecule has 0 amide bonds. The number of aryl methyl sites for hydroxylation is 1. The SMILES string of the molecule is C=CN=Nc1ccc(C(C)(C)C)cc1C. The van der Waals surface area contributed by atoms with E-state index in [1.807, 2.05) is 13.0 Å². The van der Waals surface area contributed by atoms with E-state index in [1.54, 1.807) is 0 Å². The number of benzene rings is 1. The molecule has 0 aromatic heterocycles. The van der Waals surface area contributed by atoms with Crippen molar-refractivity contribution in [3.05, 3.63) is 42.1 Å². The van der Waals surface area contributed by atoms with E-state index in [0.29, 0.717) is 0 Å². The largest absolute Gasteiger partial charge is 0.159 e. The first kappa shape index (κ1) is 11.6. The van der Waals surface area contributed by atoms with Gasteiger partial charge in [-0.2, -0.15) is 10.2 Å². The molecule has 80 valence electrons. The quantitative estimate of drug-likeness (QED) is 0.630. The average Bonchev–Trinajstić information content (AvgIpc) is 2.14. The normalized spacial score (nSPS) is 12.0. The highest BCUT2D eigenvalue weighted by atomic mass is 15.1. The molecule has 1 rings (SSSR count). The van der Waals surface area contributed by atoms with E-state index < -0.39 is 0 Å². The summed E-state index contributed by atoms with van der Waals surface area (Å²) in [6, 6.07) is 6.27. The fourth-order valence-corrected chi connectivity index (χ4v) is 1.34. The van der Waals surface area contributed by atoms with Gasteiger partial charge in [-0.3, -0.25) is 0 Å². The van der Waals surface area contributed by atoms with E-state index >= 15 is 0 Å². The van der Waals surface area contributed by atoms with Gasteiger partial charge in [-0.1, -0.05) is 39.5 Å². The van der Waals surface area contributed by atoms with Gasteiger partial charge in [0.2, 0.25) is 0 Å². The molecular formula is C13H18N2. The Hall–Kier alpha value is -1.44. The van der Waals surface area contributed by atoms with Gasteiger partial charge in [-0.05, 0) is 29.5 Å².